The molecule has 24 heavy (non-hydrogen) atoms. The van der Waals surface area contributed by atoms with Crippen molar-refractivity contribution in [1.82, 2.24) is 0 Å². The van der Waals surface area contributed by atoms with Crippen LogP contribution in [0.2, 0.25) is 0 Å². The van der Waals surface area contributed by atoms with Crippen LogP contribution in [-0.4, -0.2) is 43.2 Å². The maximum atomic E-state index is 11.3. The van der Waals surface area contributed by atoms with Gasteiger partial charge in [-0.15, -0.1) is 0 Å². The zero-order valence-electron chi connectivity index (χ0n) is 14.7. The Hall–Kier alpha value is -1.14. The summed E-state index contributed by atoms with van der Waals surface area (Å²) >= 11 is 0. The molecule has 0 bridgehead atoms. The molecule has 0 aromatic heterocycles. The summed E-state index contributed by atoms with van der Waals surface area (Å²) in [5.41, 5.74) is 0. The highest BCUT2D eigenvalue weighted by Gasteiger charge is 2.26. The molecular weight excluding hydrogens is 312 g/mol. The summed E-state index contributed by atoms with van der Waals surface area (Å²) in [5.74, 6) is -0.352. The zero-order valence-corrected chi connectivity index (χ0v) is 14.7. The first-order chi connectivity index (χ1) is 11.7. The van der Waals surface area contributed by atoms with Crippen LogP contribution in [0.25, 0.3) is 0 Å². The van der Waals surface area contributed by atoms with Crippen LogP contribution >= 0.6 is 0 Å². The first-order valence-corrected chi connectivity index (χ1v) is 9.30. The minimum Gasteiger partial charge on any atom is -0.463 e. The number of hydrogen-bond acceptors (Lipinski definition) is 6. The predicted molar refractivity (Wildman–Crippen MR) is 89.3 cm³/mol. The fraction of sp³-hybridized carbons (Fsp3) is 0.889. The zero-order chi connectivity index (χ0) is 17.5. The lowest BCUT2D eigenvalue weighted by atomic mass is 10.1. The smallest absolute Gasteiger partial charge is 0.308 e. The van der Waals surface area contributed by atoms with E-state index in [1.165, 1.54) is 32.1 Å². The second kappa shape index (κ2) is 14.2. The van der Waals surface area contributed by atoms with E-state index in [4.69, 9.17) is 19.3 Å². The van der Waals surface area contributed by atoms with Crippen molar-refractivity contribution in [3.05, 3.63) is 0 Å². The van der Waals surface area contributed by atoms with E-state index in [1.807, 2.05) is 0 Å². The lowest BCUT2D eigenvalue weighted by Crippen LogP contribution is -2.07. The van der Waals surface area contributed by atoms with Crippen LogP contribution in [-0.2, 0) is 23.8 Å². The van der Waals surface area contributed by atoms with Gasteiger partial charge >= 0.3 is 11.9 Å². The van der Waals surface area contributed by atoms with E-state index in [0.29, 0.717) is 19.4 Å². The molecule has 6 nitrogen and oxygen atoms in total. The Bertz CT molecular complexity index is 340. The third kappa shape index (κ3) is 13.3. The van der Waals surface area contributed by atoms with Crippen LogP contribution in [0.5, 0.6) is 0 Å². The number of carbonyl (C=O) groups excluding carboxylic acids is 2. The van der Waals surface area contributed by atoms with Gasteiger partial charge in [-0.05, 0) is 12.8 Å². The van der Waals surface area contributed by atoms with Gasteiger partial charge in [0.15, 0.2) is 0 Å². The third-order valence-electron chi connectivity index (χ3n) is 3.93. The first kappa shape index (κ1) is 20.9. The fourth-order valence-electron chi connectivity index (χ4n) is 2.50. The number of esters is 2. The van der Waals surface area contributed by atoms with Gasteiger partial charge in [-0.2, -0.15) is 0 Å². The molecule has 1 heterocycles. The Morgan fingerprint density at radius 3 is 1.75 bits per heavy atom. The van der Waals surface area contributed by atoms with Gasteiger partial charge < -0.3 is 19.3 Å². The van der Waals surface area contributed by atoms with E-state index in [0.717, 1.165) is 32.1 Å². The number of epoxide rings is 1. The summed E-state index contributed by atoms with van der Waals surface area (Å²) in [7, 11) is 0. The van der Waals surface area contributed by atoms with E-state index in [1.54, 1.807) is 0 Å². The molecule has 1 saturated heterocycles. The number of rotatable bonds is 16. The van der Waals surface area contributed by atoms with Gasteiger partial charge in [0, 0.05) is 12.8 Å². The van der Waals surface area contributed by atoms with E-state index in [-0.39, 0.29) is 31.4 Å². The van der Waals surface area contributed by atoms with Crippen LogP contribution in [0.4, 0.5) is 0 Å². The average molecular weight is 344 g/mol. The van der Waals surface area contributed by atoms with Crippen molar-refractivity contribution < 1.29 is 28.9 Å². The minimum atomic E-state index is -0.260. The molecule has 1 aliphatic heterocycles. The lowest BCUT2D eigenvalue weighted by molar-refractivity contribution is -0.148. The number of carbonyl (C=O) groups is 2. The van der Waals surface area contributed by atoms with Gasteiger partial charge in [-0.1, -0.05) is 51.4 Å². The molecule has 0 radical (unpaired) electrons. The standard InChI is InChI=1S/C18H32O6/c19-13-14-22-16(20)11-9-7-5-3-1-2-4-6-8-10-12-17(21)24-18-15-23-18/h18-19H,1-15H2. The summed E-state index contributed by atoms with van der Waals surface area (Å²) in [6.07, 6.45) is 11.8. The maximum absolute atomic E-state index is 11.3. The van der Waals surface area contributed by atoms with Crippen LogP contribution in [0.3, 0.4) is 0 Å². The maximum Gasteiger partial charge on any atom is 0.308 e. The number of unbranched alkanes of at least 4 members (excludes halogenated alkanes) is 9. The summed E-state index contributed by atoms with van der Waals surface area (Å²) in [6.45, 7) is 0.555. The summed E-state index contributed by atoms with van der Waals surface area (Å²) in [5, 5.41) is 8.53. The molecule has 1 atom stereocenters. The summed E-state index contributed by atoms with van der Waals surface area (Å²) in [6, 6.07) is 0. The molecule has 0 aromatic rings. The molecule has 1 fully saturated rings. The number of hydrogen-bond donors (Lipinski definition) is 1. The number of aliphatic hydroxyl groups is 1. The van der Waals surface area contributed by atoms with Crippen LogP contribution in [0, 0.1) is 0 Å². The molecule has 1 rings (SSSR count). The van der Waals surface area contributed by atoms with Crippen molar-refractivity contribution in [2.75, 3.05) is 19.8 Å². The Labute approximate surface area is 144 Å². The van der Waals surface area contributed by atoms with Gasteiger partial charge in [0.25, 0.3) is 0 Å². The number of aliphatic hydroxyl groups excluding tert-OH is 1. The quantitative estimate of drug-likeness (QED) is 0.263. The number of ether oxygens (including phenoxy) is 3. The second-order valence-corrected chi connectivity index (χ2v) is 6.23. The van der Waals surface area contributed by atoms with Gasteiger partial charge in [-0.3, -0.25) is 9.59 Å². The van der Waals surface area contributed by atoms with Crippen molar-refractivity contribution in [3.63, 3.8) is 0 Å². The molecule has 140 valence electrons. The SMILES string of the molecule is O=C(CCCCCCCCCCCCC(=O)OC1CO1)OCCO. The van der Waals surface area contributed by atoms with Crippen LogP contribution in [0.1, 0.15) is 77.0 Å². The molecule has 0 amide bonds. The van der Waals surface area contributed by atoms with Crippen LogP contribution in [0.15, 0.2) is 0 Å². The molecule has 0 aliphatic carbocycles. The largest absolute Gasteiger partial charge is 0.463 e. The van der Waals surface area contributed by atoms with E-state index in [2.05, 4.69) is 0 Å². The van der Waals surface area contributed by atoms with Gasteiger partial charge in [-0.25, -0.2) is 0 Å². The van der Waals surface area contributed by atoms with Crippen molar-refractivity contribution >= 4 is 11.9 Å². The molecule has 1 unspecified atom stereocenters. The Kier molecular flexibility index (Phi) is 12.4. The van der Waals surface area contributed by atoms with Gasteiger partial charge in [0.05, 0.1) is 6.61 Å². The van der Waals surface area contributed by atoms with Crippen molar-refractivity contribution in [2.24, 2.45) is 0 Å². The van der Waals surface area contributed by atoms with E-state index < -0.39 is 0 Å². The van der Waals surface area contributed by atoms with Crippen LogP contribution < -0.4 is 0 Å². The Morgan fingerprint density at radius 2 is 1.29 bits per heavy atom. The minimum absolute atomic E-state index is 0.106. The molecule has 0 spiro atoms. The normalized spacial score (nSPS) is 16.0. The topological polar surface area (TPSA) is 85.4 Å². The fourth-order valence-corrected chi connectivity index (χ4v) is 2.50. The monoisotopic (exact) mass is 344 g/mol. The molecule has 0 saturated carbocycles. The summed E-state index contributed by atoms with van der Waals surface area (Å²) < 4.78 is 14.6. The predicted octanol–water partition coefficient (Wildman–Crippen LogP) is 3.10. The Balaban J connectivity index is 1.71. The highest BCUT2D eigenvalue weighted by atomic mass is 16.8. The van der Waals surface area contributed by atoms with E-state index in [9.17, 15) is 9.59 Å². The molecule has 1 N–H and O–H groups in total. The molecule has 1 aliphatic rings. The third-order valence-corrected chi connectivity index (χ3v) is 3.93. The van der Waals surface area contributed by atoms with Gasteiger partial charge in [0.2, 0.25) is 6.29 Å². The second-order valence-electron chi connectivity index (χ2n) is 6.23. The lowest BCUT2D eigenvalue weighted by Gasteiger charge is -2.04. The highest BCUT2D eigenvalue weighted by Crippen LogP contribution is 2.14. The van der Waals surface area contributed by atoms with Crippen molar-refractivity contribution in [1.29, 1.82) is 0 Å². The summed E-state index contributed by atoms with van der Waals surface area (Å²) in [4.78, 5) is 22.5. The van der Waals surface area contributed by atoms with Crippen molar-refractivity contribution in [3.8, 4) is 0 Å². The highest BCUT2D eigenvalue weighted by molar-refractivity contribution is 5.69. The molecular formula is C18H32O6. The molecule has 0 aromatic carbocycles. The molecule has 6 heteroatoms. The van der Waals surface area contributed by atoms with Crippen molar-refractivity contribution in [2.45, 2.75) is 83.3 Å². The first-order valence-electron chi connectivity index (χ1n) is 9.30. The average Bonchev–Trinajstić information content (AvgIpc) is 3.37. The van der Waals surface area contributed by atoms with Gasteiger partial charge in [0.1, 0.15) is 13.2 Å². The van der Waals surface area contributed by atoms with E-state index >= 15 is 0 Å². The Morgan fingerprint density at radius 1 is 0.833 bits per heavy atom.